The van der Waals surface area contributed by atoms with Crippen molar-refractivity contribution in [2.75, 3.05) is 39.4 Å². The van der Waals surface area contributed by atoms with Crippen LogP contribution in [0.2, 0.25) is 0 Å². The van der Waals surface area contributed by atoms with Crippen LogP contribution in [-0.4, -0.2) is 54.5 Å². The predicted molar refractivity (Wildman–Crippen MR) is 85.3 cm³/mol. The Morgan fingerprint density at radius 2 is 1.67 bits per heavy atom. The molecule has 2 aliphatic rings. The van der Waals surface area contributed by atoms with Gasteiger partial charge in [0.2, 0.25) is 5.91 Å². The lowest BCUT2D eigenvalue weighted by atomic mass is 9.73. The zero-order valence-corrected chi connectivity index (χ0v) is 13.1. The van der Waals surface area contributed by atoms with E-state index in [1.54, 1.807) is 0 Å². The van der Waals surface area contributed by atoms with Crippen LogP contribution in [0.3, 0.4) is 0 Å². The number of carbonyl (C=O) groups excluding carboxylic acids is 1. The number of hydrogen-bond donors (Lipinski definition) is 1. The number of benzene rings is 1. The number of ether oxygens (including phenoxy) is 1. The highest BCUT2D eigenvalue weighted by Gasteiger charge is 2.44. The molecule has 0 radical (unpaired) electrons. The third-order valence-electron chi connectivity index (χ3n) is 4.63. The molecule has 2 aliphatic heterocycles. The molecule has 3 rings (SSSR count). The molecule has 0 aliphatic carbocycles. The summed E-state index contributed by atoms with van der Waals surface area (Å²) in [7, 11) is 0. The van der Waals surface area contributed by atoms with Crippen LogP contribution in [0.4, 0.5) is 0 Å². The maximum Gasteiger partial charge on any atom is 0.233 e. The third kappa shape index (κ3) is 2.96. The monoisotopic (exact) mass is 306 g/mol. The van der Waals surface area contributed by atoms with Gasteiger partial charge in [-0.1, -0.05) is 43.1 Å². The van der Waals surface area contributed by atoms with Crippen molar-refractivity contribution < 1.29 is 9.53 Å². The van der Waals surface area contributed by atoms with Crippen molar-refractivity contribution in [3.8, 4) is 0 Å². The molecular formula is C16H22N2O2S. The van der Waals surface area contributed by atoms with Crippen LogP contribution in [0.15, 0.2) is 30.3 Å². The van der Waals surface area contributed by atoms with Gasteiger partial charge in [0.05, 0.1) is 5.41 Å². The lowest BCUT2D eigenvalue weighted by Gasteiger charge is -2.42. The van der Waals surface area contributed by atoms with Gasteiger partial charge in [-0.25, -0.2) is 4.31 Å². The van der Waals surface area contributed by atoms with E-state index in [0.29, 0.717) is 13.2 Å². The van der Waals surface area contributed by atoms with Crippen molar-refractivity contribution in [3.05, 3.63) is 35.9 Å². The van der Waals surface area contributed by atoms with E-state index in [1.165, 1.54) is 0 Å². The minimum Gasteiger partial charge on any atom is -0.381 e. The molecule has 0 saturated carbocycles. The Labute approximate surface area is 131 Å². The zero-order chi connectivity index (χ0) is 14.7. The van der Waals surface area contributed by atoms with Gasteiger partial charge in [-0.3, -0.25) is 4.79 Å². The molecule has 0 bridgehead atoms. The number of nitrogens with zero attached hydrogens (tertiary/aromatic N) is 2. The molecule has 0 atom stereocenters. The van der Waals surface area contributed by atoms with Crippen molar-refractivity contribution in [2.24, 2.45) is 0 Å². The topological polar surface area (TPSA) is 32.8 Å². The highest BCUT2D eigenvalue weighted by molar-refractivity contribution is 7.77. The third-order valence-corrected chi connectivity index (χ3v) is 5.03. The molecular weight excluding hydrogens is 284 g/mol. The van der Waals surface area contributed by atoms with E-state index in [-0.39, 0.29) is 5.91 Å². The molecule has 21 heavy (non-hydrogen) atoms. The molecule has 114 valence electrons. The Morgan fingerprint density at radius 1 is 1.05 bits per heavy atom. The van der Waals surface area contributed by atoms with E-state index >= 15 is 0 Å². The molecule has 2 fully saturated rings. The standard InChI is InChI=1S/C16H22N2O2S/c19-15(17-8-10-18(21)11-9-17)16(6-12-20-13-7-16)14-4-2-1-3-5-14/h1-5,21H,6-13H2. The molecule has 1 aromatic rings. The van der Waals surface area contributed by atoms with E-state index < -0.39 is 5.41 Å². The fourth-order valence-electron chi connectivity index (χ4n) is 3.30. The molecule has 1 aromatic carbocycles. The normalized spacial score (nSPS) is 23.0. The minimum absolute atomic E-state index is 0.262. The molecule has 5 heteroatoms. The molecule has 0 unspecified atom stereocenters. The van der Waals surface area contributed by atoms with E-state index in [0.717, 1.165) is 44.6 Å². The van der Waals surface area contributed by atoms with Gasteiger partial charge in [-0.2, -0.15) is 0 Å². The summed E-state index contributed by atoms with van der Waals surface area (Å²) in [6.07, 6.45) is 1.55. The summed E-state index contributed by atoms with van der Waals surface area (Å²) in [5.41, 5.74) is 0.727. The Kier molecular flexibility index (Phi) is 4.52. The van der Waals surface area contributed by atoms with Crippen LogP contribution in [0.1, 0.15) is 18.4 Å². The highest BCUT2D eigenvalue weighted by atomic mass is 32.1. The van der Waals surface area contributed by atoms with Crippen LogP contribution in [0.25, 0.3) is 0 Å². The molecule has 2 saturated heterocycles. The number of hydrogen-bond acceptors (Lipinski definition) is 4. The first-order chi connectivity index (χ1) is 10.2. The SMILES string of the molecule is O=C(N1CCN(S)CC1)C1(c2ccccc2)CCOCC1. The molecule has 0 spiro atoms. The number of carbonyl (C=O) groups is 1. The van der Waals surface area contributed by atoms with Gasteiger partial charge >= 0.3 is 0 Å². The van der Waals surface area contributed by atoms with Crippen molar-refractivity contribution in [3.63, 3.8) is 0 Å². The van der Waals surface area contributed by atoms with Gasteiger partial charge in [-0.05, 0) is 18.4 Å². The van der Waals surface area contributed by atoms with E-state index in [4.69, 9.17) is 4.74 Å². The highest BCUT2D eigenvalue weighted by Crippen LogP contribution is 2.37. The average Bonchev–Trinajstić information content (AvgIpc) is 2.56. The van der Waals surface area contributed by atoms with Crippen LogP contribution in [-0.2, 0) is 14.9 Å². The van der Waals surface area contributed by atoms with Gasteiger partial charge in [0.25, 0.3) is 0 Å². The van der Waals surface area contributed by atoms with Gasteiger partial charge in [-0.15, -0.1) is 0 Å². The van der Waals surface area contributed by atoms with Gasteiger partial charge in [0, 0.05) is 39.4 Å². The van der Waals surface area contributed by atoms with Crippen molar-refractivity contribution >= 4 is 18.7 Å². The number of thiol groups is 1. The summed E-state index contributed by atoms with van der Waals surface area (Å²) in [5.74, 6) is 0.262. The molecule has 1 amide bonds. The Hall–Kier alpha value is -1.04. The maximum atomic E-state index is 13.2. The fraction of sp³-hybridized carbons (Fsp3) is 0.562. The minimum atomic E-state index is -0.404. The van der Waals surface area contributed by atoms with Crippen LogP contribution in [0, 0.1) is 0 Å². The Bertz CT molecular complexity index is 480. The van der Waals surface area contributed by atoms with Crippen molar-refractivity contribution in [2.45, 2.75) is 18.3 Å². The number of rotatable bonds is 2. The predicted octanol–water partition coefficient (Wildman–Crippen LogP) is 1.72. The first kappa shape index (κ1) is 14.9. The number of amides is 1. The maximum absolute atomic E-state index is 13.2. The van der Waals surface area contributed by atoms with Crippen molar-refractivity contribution in [1.82, 2.24) is 9.21 Å². The smallest absolute Gasteiger partial charge is 0.233 e. The molecule has 2 heterocycles. The lowest BCUT2D eigenvalue weighted by Crippen LogP contribution is -2.54. The molecule has 0 N–H and O–H groups in total. The summed E-state index contributed by atoms with van der Waals surface area (Å²) in [5, 5.41) is 0. The summed E-state index contributed by atoms with van der Waals surface area (Å²) >= 11 is 4.36. The van der Waals surface area contributed by atoms with Gasteiger partial charge in [0.1, 0.15) is 0 Å². The van der Waals surface area contributed by atoms with Crippen LogP contribution < -0.4 is 0 Å². The molecule has 0 aromatic heterocycles. The lowest BCUT2D eigenvalue weighted by molar-refractivity contribution is -0.142. The van der Waals surface area contributed by atoms with E-state index in [9.17, 15) is 4.79 Å². The first-order valence-corrected chi connectivity index (χ1v) is 7.99. The summed E-state index contributed by atoms with van der Waals surface area (Å²) < 4.78 is 7.48. The van der Waals surface area contributed by atoms with E-state index in [2.05, 4.69) is 24.9 Å². The zero-order valence-electron chi connectivity index (χ0n) is 12.2. The largest absolute Gasteiger partial charge is 0.381 e. The van der Waals surface area contributed by atoms with E-state index in [1.807, 2.05) is 27.4 Å². The fourth-order valence-corrected chi connectivity index (χ4v) is 3.48. The molecule has 4 nitrogen and oxygen atoms in total. The number of piperazine rings is 1. The Balaban J connectivity index is 1.87. The second-order valence-electron chi connectivity index (χ2n) is 5.81. The second-order valence-corrected chi connectivity index (χ2v) is 6.37. The van der Waals surface area contributed by atoms with Gasteiger partial charge in [0.15, 0.2) is 0 Å². The summed E-state index contributed by atoms with van der Waals surface area (Å²) in [4.78, 5) is 15.2. The average molecular weight is 306 g/mol. The Morgan fingerprint density at radius 3 is 2.29 bits per heavy atom. The quantitative estimate of drug-likeness (QED) is 0.845. The summed E-state index contributed by atoms with van der Waals surface area (Å²) in [6.45, 7) is 4.50. The van der Waals surface area contributed by atoms with Crippen molar-refractivity contribution in [1.29, 1.82) is 0 Å². The van der Waals surface area contributed by atoms with Gasteiger partial charge < -0.3 is 9.64 Å². The second kappa shape index (κ2) is 6.38. The first-order valence-electron chi connectivity index (χ1n) is 7.59. The summed E-state index contributed by atoms with van der Waals surface area (Å²) in [6, 6.07) is 10.2. The van der Waals surface area contributed by atoms with Crippen LogP contribution in [0.5, 0.6) is 0 Å². The van der Waals surface area contributed by atoms with Crippen LogP contribution >= 0.6 is 12.8 Å².